The summed E-state index contributed by atoms with van der Waals surface area (Å²) in [6.45, 7) is 3.08. The lowest BCUT2D eigenvalue weighted by atomic mass is 9.86. The van der Waals surface area contributed by atoms with Crippen LogP contribution in [-0.2, 0) is 16.0 Å². The first-order chi connectivity index (χ1) is 18.2. The summed E-state index contributed by atoms with van der Waals surface area (Å²) in [6.07, 6.45) is 0.0335. The maximum atomic E-state index is 12.9. The Kier molecular flexibility index (Phi) is 10.9. The Hall–Kier alpha value is -3.19. The van der Waals surface area contributed by atoms with Gasteiger partial charge in [0.15, 0.2) is 6.10 Å². The van der Waals surface area contributed by atoms with Crippen molar-refractivity contribution in [1.82, 2.24) is 4.98 Å². The molecule has 0 saturated heterocycles. The number of aromatic nitrogens is 1. The van der Waals surface area contributed by atoms with E-state index in [1.807, 2.05) is 54.7 Å². The maximum absolute atomic E-state index is 12.9. The van der Waals surface area contributed by atoms with Gasteiger partial charge in [0.05, 0.1) is 0 Å². The van der Waals surface area contributed by atoms with Gasteiger partial charge in [-0.1, -0.05) is 67.9 Å². The van der Waals surface area contributed by atoms with Gasteiger partial charge in [-0.2, -0.15) is 13.2 Å². The fourth-order valence-electron chi connectivity index (χ4n) is 4.47. The van der Waals surface area contributed by atoms with E-state index in [2.05, 4.69) is 24.0 Å². The number of nitrogens with zero attached hydrogens (tertiary/aromatic N) is 1. The van der Waals surface area contributed by atoms with Crippen LogP contribution in [0, 0.1) is 0 Å². The Bertz CT molecular complexity index is 1150. The molecule has 38 heavy (non-hydrogen) atoms. The second-order valence-corrected chi connectivity index (χ2v) is 9.64. The minimum Gasteiger partial charge on any atom is -0.481 e. The smallest absolute Gasteiger partial charge is 0.414 e. The van der Waals surface area contributed by atoms with Crippen molar-refractivity contribution < 1.29 is 27.8 Å². The molecule has 204 valence electrons. The van der Waals surface area contributed by atoms with E-state index >= 15 is 0 Å². The van der Waals surface area contributed by atoms with E-state index in [0.717, 1.165) is 59.7 Å². The summed E-state index contributed by atoms with van der Waals surface area (Å²) in [7, 11) is 0. The van der Waals surface area contributed by atoms with Crippen molar-refractivity contribution in [3.8, 4) is 22.3 Å². The van der Waals surface area contributed by atoms with Crippen LogP contribution in [0.15, 0.2) is 66.9 Å². The Balaban J connectivity index is 1.94. The molecule has 1 N–H and O–H groups in total. The van der Waals surface area contributed by atoms with Gasteiger partial charge in [0.1, 0.15) is 0 Å². The fraction of sp³-hybridized carbons (Fsp3) is 0.419. The van der Waals surface area contributed by atoms with Crippen LogP contribution in [0.4, 0.5) is 13.2 Å². The van der Waals surface area contributed by atoms with E-state index in [1.165, 1.54) is 0 Å². The van der Waals surface area contributed by atoms with Crippen molar-refractivity contribution in [1.29, 1.82) is 0 Å². The first-order valence-electron chi connectivity index (χ1n) is 13.2. The van der Waals surface area contributed by atoms with Gasteiger partial charge in [-0.05, 0) is 73.3 Å². The van der Waals surface area contributed by atoms with Gasteiger partial charge in [-0.15, -0.1) is 0 Å². The van der Waals surface area contributed by atoms with Crippen molar-refractivity contribution in [2.75, 3.05) is 6.61 Å². The molecule has 0 radical (unpaired) electrons. The van der Waals surface area contributed by atoms with Crippen LogP contribution >= 0.6 is 0 Å². The number of ether oxygens (including phenoxy) is 1. The van der Waals surface area contributed by atoms with Crippen LogP contribution in [0.3, 0.4) is 0 Å². The molecule has 0 amide bonds. The molecule has 2 aromatic carbocycles. The van der Waals surface area contributed by atoms with Gasteiger partial charge in [-0.3, -0.25) is 9.78 Å². The highest BCUT2D eigenvalue weighted by atomic mass is 19.4. The van der Waals surface area contributed by atoms with E-state index in [1.54, 1.807) is 0 Å². The summed E-state index contributed by atoms with van der Waals surface area (Å²) in [5.74, 6) is -1.03. The lowest BCUT2D eigenvalue weighted by Crippen LogP contribution is -2.29. The molecular weight excluding hydrogens is 491 g/mol. The summed E-state index contributed by atoms with van der Waals surface area (Å²) in [5, 5.41) is 9.11. The summed E-state index contributed by atoms with van der Waals surface area (Å²) in [4.78, 5) is 15.8. The third-order valence-corrected chi connectivity index (χ3v) is 6.76. The molecule has 7 heteroatoms. The number of benzene rings is 2. The molecule has 4 nitrogen and oxygen atoms in total. The average molecular weight is 528 g/mol. The zero-order valence-electron chi connectivity index (χ0n) is 22.0. The Morgan fingerprint density at radius 1 is 0.974 bits per heavy atom. The number of aliphatic carboxylic acids is 1. The van der Waals surface area contributed by atoms with Gasteiger partial charge in [0.2, 0.25) is 0 Å². The molecule has 0 spiro atoms. The van der Waals surface area contributed by atoms with Crippen LogP contribution in [-0.4, -0.2) is 34.9 Å². The molecule has 1 heterocycles. The van der Waals surface area contributed by atoms with Gasteiger partial charge in [0, 0.05) is 30.5 Å². The second-order valence-electron chi connectivity index (χ2n) is 9.64. The first-order valence-corrected chi connectivity index (χ1v) is 13.2. The van der Waals surface area contributed by atoms with Crippen LogP contribution in [0.1, 0.15) is 69.5 Å². The van der Waals surface area contributed by atoms with Gasteiger partial charge >= 0.3 is 12.1 Å². The van der Waals surface area contributed by atoms with Crippen molar-refractivity contribution in [2.24, 2.45) is 0 Å². The molecule has 0 fully saturated rings. The van der Waals surface area contributed by atoms with Crippen LogP contribution in [0.25, 0.3) is 22.3 Å². The number of hydrogen-bond acceptors (Lipinski definition) is 3. The van der Waals surface area contributed by atoms with E-state index in [4.69, 9.17) is 9.84 Å². The number of carbonyl (C=O) groups is 1. The molecule has 0 aliphatic carbocycles. The number of hydrogen-bond donors (Lipinski definition) is 1. The van der Waals surface area contributed by atoms with Crippen molar-refractivity contribution >= 4 is 5.97 Å². The zero-order chi connectivity index (χ0) is 27.5. The minimum absolute atomic E-state index is 0.00834. The Morgan fingerprint density at radius 3 is 2.37 bits per heavy atom. The molecule has 2 atom stereocenters. The monoisotopic (exact) mass is 527 g/mol. The molecule has 0 bridgehead atoms. The quantitative estimate of drug-likeness (QED) is 0.228. The van der Waals surface area contributed by atoms with E-state index in [9.17, 15) is 18.0 Å². The normalized spacial score (nSPS) is 13.3. The molecule has 0 aliphatic heterocycles. The molecule has 1 aromatic heterocycles. The van der Waals surface area contributed by atoms with E-state index in [0.29, 0.717) is 19.3 Å². The van der Waals surface area contributed by atoms with Crippen LogP contribution in [0.2, 0.25) is 0 Å². The average Bonchev–Trinajstić information content (AvgIpc) is 2.90. The lowest BCUT2D eigenvalue weighted by Gasteiger charge is -2.22. The SMILES string of the molecule is CCCCc1ccc(-c2cc(C(CCCC(=O)O)CCOC(C)C(F)(F)F)ccc2-c2ccccc2)cn1. The molecule has 3 aromatic rings. The van der Waals surface area contributed by atoms with E-state index < -0.39 is 18.2 Å². The maximum Gasteiger partial charge on any atom is 0.414 e. The third-order valence-electron chi connectivity index (χ3n) is 6.76. The molecule has 0 saturated carbocycles. The number of rotatable bonds is 14. The van der Waals surface area contributed by atoms with Crippen LogP contribution < -0.4 is 0 Å². The predicted octanol–water partition coefficient (Wildman–Crippen LogP) is 8.45. The topological polar surface area (TPSA) is 59.4 Å². The van der Waals surface area contributed by atoms with Crippen molar-refractivity contribution in [3.63, 3.8) is 0 Å². The number of alkyl halides is 3. The number of carboxylic acids is 1. The zero-order valence-corrected chi connectivity index (χ0v) is 22.0. The number of unbranched alkanes of at least 4 members (excludes halogenated alkanes) is 1. The molecule has 3 rings (SSSR count). The Morgan fingerprint density at radius 2 is 1.74 bits per heavy atom. The largest absolute Gasteiger partial charge is 0.481 e. The summed E-state index contributed by atoms with van der Waals surface area (Å²) >= 11 is 0. The summed E-state index contributed by atoms with van der Waals surface area (Å²) < 4.78 is 43.9. The molecular formula is C31H36F3NO3. The minimum atomic E-state index is -4.42. The third kappa shape index (κ3) is 8.69. The first kappa shape index (κ1) is 29.4. The van der Waals surface area contributed by atoms with Gasteiger partial charge < -0.3 is 9.84 Å². The lowest BCUT2D eigenvalue weighted by molar-refractivity contribution is -0.214. The Labute approximate surface area is 222 Å². The van der Waals surface area contributed by atoms with Crippen molar-refractivity contribution in [2.45, 2.75) is 77.0 Å². The standard InChI is InChI=1S/C31H36F3NO3/c1-3-4-12-27-16-14-26(21-35-27)29-20-25(15-17-28(29)24-9-6-5-7-10-24)23(11-8-13-30(36)37)18-19-38-22(2)31(32,33)34/h5-7,9-10,14-17,20-23H,3-4,8,11-13,18-19H2,1-2H3,(H,36,37). The fourth-order valence-corrected chi connectivity index (χ4v) is 4.47. The van der Waals surface area contributed by atoms with Crippen molar-refractivity contribution in [3.05, 3.63) is 78.1 Å². The number of aryl methyl sites for hydroxylation is 1. The predicted molar refractivity (Wildman–Crippen MR) is 144 cm³/mol. The second kappa shape index (κ2) is 14.1. The van der Waals surface area contributed by atoms with E-state index in [-0.39, 0.29) is 18.9 Å². The molecule has 0 aliphatic rings. The number of carboxylic acid groups (broad SMARTS) is 1. The number of halogens is 3. The summed E-state index contributed by atoms with van der Waals surface area (Å²) in [6, 6.07) is 20.2. The highest BCUT2D eigenvalue weighted by Gasteiger charge is 2.36. The summed E-state index contributed by atoms with van der Waals surface area (Å²) in [5.41, 5.74) is 6.00. The van der Waals surface area contributed by atoms with Gasteiger partial charge in [-0.25, -0.2) is 0 Å². The number of pyridine rings is 1. The highest BCUT2D eigenvalue weighted by molar-refractivity contribution is 5.83. The van der Waals surface area contributed by atoms with Gasteiger partial charge in [0.25, 0.3) is 0 Å². The molecule has 2 unspecified atom stereocenters. The highest BCUT2D eigenvalue weighted by Crippen LogP contribution is 2.37. The van der Waals surface area contributed by atoms with Crippen LogP contribution in [0.5, 0.6) is 0 Å².